The van der Waals surface area contributed by atoms with Crippen molar-refractivity contribution in [2.24, 2.45) is 12.8 Å². The van der Waals surface area contributed by atoms with Gasteiger partial charge in [0.15, 0.2) is 5.15 Å². The number of halogens is 2. The van der Waals surface area contributed by atoms with Gasteiger partial charge >= 0.3 is 0 Å². The van der Waals surface area contributed by atoms with Crippen LogP contribution in [-0.4, -0.2) is 9.55 Å². The van der Waals surface area contributed by atoms with E-state index >= 15 is 0 Å². The molecule has 16 heavy (non-hydrogen) atoms. The van der Waals surface area contributed by atoms with Gasteiger partial charge in [-0.05, 0) is 12.1 Å². The molecular weight excluding hydrogens is 229 g/mol. The van der Waals surface area contributed by atoms with Crippen molar-refractivity contribution in [2.75, 3.05) is 0 Å². The third-order valence-electron chi connectivity index (χ3n) is 2.43. The van der Waals surface area contributed by atoms with Gasteiger partial charge in [0.2, 0.25) is 0 Å². The van der Waals surface area contributed by atoms with Crippen molar-refractivity contribution in [3.05, 3.63) is 41.1 Å². The minimum absolute atomic E-state index is 0.297. The van der Waals surface area contributed by atoms with Gasteiger partial charge in [0.05, 0.1) is 12.2 Å². The van der Waals surface area contributed by atoms with Crippen molar-refractivity contribution in [2.45, 2.75) is 6.54 Å². The van der Waals surface area contributed by atoms with E-state index in [1.807, 2.05) is 0 Å². The number of imidazole rings is 1. The quantitative estimate of drug-likeness (QED) is 0.874. The SMILES string of the molecule is Cn1c(CN)nc(Cl)c1-c1cccc(F)c1. The fraction of sp³-hybridized carbons (Fsp3) is 0.182. The molecule has 5 heteroatoms. The summed E-state index contributed by atoms with van der Waals surface area (Å²) in [5.74, 6) is 0.369. The second kappa shape index (κ2) is 4.23. The van der Waals surface area contributed by atoms with Gasteiger partial charge in [-0.15, -0.1) is 0 Å². The van der Waals surface area contributed by atoms with Crippen LogP contribution in [0.1, 0.15) is 5.82 Å². The Hall–Kier alpha value is -1.39. The normalized spacial score (nSPS) is 10.8. The van der Waals surface area contributed by atoms with Crippen LogP contribution in [0.4, 0.5) is 4.39 Å². The van der Waals surface area contributed by atoms with Crippen LogP contribution in [0.15, 0.2) is 24.3 Å². The third kappa shape index (κ3) is 1.81. The zero-order chi connectivity index (χ0) is 11.7. The van der Waals surface area contributed by atoms with Crippen LogP contribution in [0.3, 0.4) is 0 Å². The summed E-state index contributed by atoms with van der Waals surface area (Å²) in [6, 6.07) is 6.23. The van der Waals surface area contributed by atoms with E-state index in [9.17, 15) is 4.39 Å². The van der Waals surface area contributed by atoms with Gasteiger partial charge in [-0.1, -0.05) is 23.7 Å². The van der Waals surface area contributed by atoms with Gasteiger partial charge in [0.1, 0.15) is 11.6 Å². The molecule has 0 aliphatic rings. The van der Waals surface area contributed by atoms with Crippen LogP contribution < -0.4 is 5.73 Å². The molecule has 2 N–H and O–H groups in total. The van der Waals surface area contributed by atoms with E-state index in [-0.39, 0.29) is 5.82 Å². The lowest BCUT2D eigenvalue weighted by Crippen LogP contribution is -2.05. The van der Waals surface area contributed by atoms with E-state index in [0.29, 0.717) is 28.8 Å². The highest BCUT2D eigenvalue weighted by atomic mass is 35.5. The first-order valence-corrected chi connectivity index (χ1v) is 5.18. The van der Waals surface area contributed by atoms with Crippen LogP contribution in [-0.2, 0) is 13.6 Å². The van der Waals surface area contributed by atoms with Crippen LogP contribution >= 0.6 is 11.6 Å². The van der Waals surface area contributed by atoms with Gasteiger partial charge in [0.25, 0.3) is 0 Å². The molecule has 2 aromatic rings. The summed E-state index contributed by atoms with van der Waals surface area (Å²) in [6.07, 6.45) is 0. The van der Waals surface area contributed by atoms with E-state index < -0.39 is 0 Å². The number of nitrogens with zero attached hydrogens (tertiary/aromatic N) is 2. The lowest BCUT2D eigenvalue weighted by atomic mass is 10.1. The van der Waals surface area contributed by atoms with E-state index in [1.165, 1.54) is 12.1 Å². The molecule has 0 radical (unpaired) electrons. The van der Waals surface area contributed by atoms with Crippen molar-refractivity contribution in [1.29, 1.82) is 0 Å². The van der Waals surface area contributed by atoms with Crippen LogP contribution in [0.2, 0.25) is 5.15 Å². The summed E-state index contributed by atoms with van der Waals surface area (Å²) in [5, 5.41) is 0.341. The van der Waals surface area contributed by atoms with E-state index in [0.717, 1.165) is 0 Å². The van der Waals surface area contributed by atoms with Crippen molar-refractivity contribution in [3.8, 4) is 11.3 Å². The molecule has 0 bridgehead atoms. The highest BCUT2D eigenvalue weighted by molar-refractivity contribution is 6.32. The monoisotopic (exact) mass is 239 g/mol. The molecule has 0 saturated heterocycles. The number of hydrogen-bond acceptors (Lipinski definition) is 2. The molecule has 1 aromatic heterocycles. The maximum Gasteiger partial charge on any atom is 0.155 e. The molecule has 3 nitrogen and oxygen atoms in total. The predicted molar refractivity (Wildman–Crippen MR) is 61.5 cm³/mol. The smallest absolute Gasteiger partial charge is 0.155 e. The minimum atomic E-state index is -0.302. The zero-order valence-electron chi connectivity index (χ0n) is 8.74. The lowest BCUT2D eigenvalue weighted by Gasteiger charge is -2.05. The summed E-state index contributed by atoms with van der Waals surface area (Å²) < 4.78 is 14.9. The Morgan fingerprint density at radius 3 is 2.81 bits per heavy atom. The van der Waals surface area contributed by atoms with Gasteiger partial charge < -0.3 is 10.3 Å². The van der Waals surface area contributed by atoms with Crippen molar-refractivity contribution >= 4 is 11.6 Å². The topological polar surface area (TPSA) is 43.8 Å². The van der Waals surface area contributed by atoms with Crippen LogP contribution in [0, 0.1) is 5.82 Å². The largest absolute Gasteiger partial charge is 0.329 e. The standard InChI is InChI=1S/C11H11ClFN3/c1-16-9(6-14)15-11(12)10(16)7-3-2-4-8(13)5-7/h2-5H,6,14H2,1H3. The third-order valence-corrected chi connectivity index (χ3v) is 2.69. The number of hydrogen-bond donors (Lipinski definition) is 1. The second-order valence-electron chi connectivity index (χ2n) is 3.44. The molecular formula is C11H11ClFN3. The minimum Gasteiger partial charge on any atom is -0.329 e. The molecule has 1 heterocycles. The molecule has 84 valence electrons. The summed E-state index contributed by atoms with van der Waals surface area (Å²) >= 11 is 6.01. The highest BCUT2D eigenvalue weighted by Crippen LogP contribution is 2.28. The first kappa shape index (κ1) is 11.1. The van der Waals surface area contributed by atoms with Gasteiger partial charge in [-0.25, -0.2) is 9.37 Å². The van der Waals surface area contributed by atoms with E-state index in [1.54, 1.807) is 23.7 Å². The Bertz CT molecular complexity index is 522. The fourth-order valence-corrected chi connectivity index (χ4v) is 1.97. The summed E-state index contributed by atoms with van der Waals surface area (Å²) in [4.78, 5) is 4.12. The lowest BCUT2D eigenvalue weighted by molar-refractivity contribution is 0.628. The molecule has 0 saturated carbocycles. The molecule has 0 aliphatic carbocycles. The average Bonchev–Trinajstić information content (AvgIpc) is 2.53. The molecule has 0 unspecified atom stereocenters. The fourth-order valence-electron chi connectivity index (χ4n) is 1.64. The Balaban J connectivity index is 2.60. The van der Waals surface area contributed by atoms with Crippen molar-refractivity contribution in [1.82, 2.24) is 9.55 Å². The van der Waals surface area contributed by atoms with Crippen molar-refractivity contribution < 1.29 is 4.39 Å². The molecule has 0 spiro atoms. The highest BCUT2D eigenvalue weighted by Gasteiger charge is 2.14. The Morgan fingerprint density at radius 1 is 1.50 bits per heavy atom. The van der Waals surface area contributed by atoms with Crippen LogP contribution in [0.25, 0.3) is 11.3 Å². The van der Waals surface area contributed by atoms with Gasteiger partial charge in [-0.3, -0.25) is 0 Å². The summed E-state index contributed by atoms with van der Waals surface area (Å²) in [5.41, 5.74) is 6.90. The Labute approximate surface area is 97.7 Å². The van der Waals surface area contributed by atoms with Gasteiger partial charge in [-0.2, -0.15) is 0 Å². The molecule has 0 amide bonds. The molecule has 0 fully saturated rings. The van der Waals surface area contributed by atoms with E-state index in [4.69, 9.17) is 17.3 Å². The Kier molecular flexibility index (Phi) is 2.94. The number of rotatable bonds is 2. The van der Waals surface area contributed by atoms with Crippen molar-refractivity contribution in [3.63, 3.8) is 0 Å². The van der Waals surface area contributed by atoms with Crippen LogP contribution in [0.5, 0.6) is 0 Å². The zero-order valence-corrected chi connectivity index (χ0v) is 9.50. The first-order chi connectivity index (χ1) is 7.63. The molecule has 0 aliphatic heterocycles. The maximum atomic E-state index is 13.1. The molecule has 1 aromatic carbocycles. The predicted octanol–water partition coefficient (Wildman–Crippen LogP) is 2.34. The molecule has 2 rings (SSSR count). The van der Waals surface area contributed by atoms with E-state index in [2.05, 4.69) is 4.98 Å². The first-order valence-electron chi connectivity index (χ1n) is 4.80. The molecule has 0 atom stereocenters. The number of benzene rings is 1. The maximum absolute atomic E-state index is 13.1. The number of nitrogens with two attached hydrogens (primary N) is 1. The summed E-state index contributed by atoms with van der Waals surface area (Å²) in [7, 11) is 1.81. The Morgan fingerprint density at radius 2 is 2.25 bits per heavy atom. The average molecular weight is 240 g/mol. The van der Waals surface area contributed by atoms with Gasteiger partial charge in [0, 0.05) is 12.6 Å². The second-order valence-corrected chi connectivity index (χ2v) is 3.80. The number of aromatic nitrogens is 2. The summed E-state index contributed by atoms with van der Waals surface area (Å²) in [6.45, 7) is 0.297.